The van der Waals surface area contributed by atoms with Crippen LogP contribution in [-0.2, 0) is 6.42 Å². The van der Waals surface area contributed by atoms with Gasteiger partial charge in [0.15, 0.2) is 0 Å². The van der Waals surface area contributed by atoms with Crippen LogP contribution in [0.15, 0.2) is 40.9 Å². The van der Waals surface area contributed by atoms with Gasteiger partial charge in [-0.05, 0) is 52.2 Å². The minimum absolute atomic E-state index is 0.290. The Morgan fingerprint density at radius 2 is 1.40 bits per heavy atom. The average Bonchev–Trinajstić information content (AvgIpc) is 2.66. The van der Waals surface area contributed by atoms with Crippen molar-refractivity contribution >= 4 is 27.7 Å². The summed E-state index contributed by atoms with van der Waals surface area (Å²) in [5.74, 6) is 0.0200. The largest absolute Gasteiger partial charge is 0.495 e. The molecule has 0 fully saturated rings. The van der Waals surface area contributed by atoms with Crippen LogP contribution in [0.4, 0.5) is 0 Å². The van der Waals surface area contributed by atoms with Crippen LogP contribution in [0, 0.1) is 0 Å². The Morgan fingerprint density at radius 1 is 0.920 bits per heavy atom. The number of carbonyl (C=O) groups is 2. The van der Waals surface area contributed by atoms with E-state index in [1.54, 1.807) is 24.3 Å². The van der Waals surface area contributed by atoms with Gasteiger partial charge in [-0.15, -0.1) is 0 Å². The predicted molar refractivity (Wildman–Crippen MR) is 98.0 cm³/mol. The average molecular weight is 407 g/mol. The lowest BCUT2D eigenvalue weighted by Gasteiger charge is -2.12. The molecule has 7 heteroatoms. The maximum atomic E-state index is 12.3. The molecule has 0 aromatic heterocycles. The van der Waals surface area contributed by atoms with Crippen LogP contribution in [0.1, 0.15) is 33.2 Å². The second-order valence-electron chi connectivity index (χ2n) is 5.15. The summed E-state index contributed by atoms with van der Waals surface area (Å²) in [5.41, 5.74) is 6.66. The number of methoxy groups -OCH3 is 2. The molecule has 0 bridgehead atoms. The summed E-state index contributed by atoms with van der Waals surface area (Å²) < 4.78 is 11.0. The van der Waals surface area contributed by atoms with Crippen LogP contribution in [0.3, 0.4) is 0 Å². The molecule has 0 saturated carbocycles. The number of rotatable bonds is 5. The molecule has 0 atom stereocenters. The highest BCUT2D eigenvalue weighted by Crippen LogP contribution is 2.35. The summed E-state index contributed by atoms with van der Waals surface area (Å²) in [7, 11) is 2.98. The molecular formula is C18H19BrN2O4. The van der Waals surface area contributed by atoms with Gasteiger partial charge in [-0.3, -0.25) is 20.4 Å². The number of benzene rings is 2. The van der Waals surface area contributed by atoms with E-state index in [0.29, 0.717) is 27.1 Å². The number of amides is 2. The second kappa shape index (κ2) is 8.53. The Labute approximate surface area is 154 Å². The lowest BCUT2D eigenvalue weighted by molar-refractivity contribution is 0.0846. The first kappa shape index (κ1) is 18.8. The van der Waals surface area contributed by atoms with Gasteiger partial charge in [0.05, 0.1) is 14.2 Å². The normalized spacial score (nSPS) is 10.1. The molecule has 2 amide bonds. The first-order valence-corrected chi connectivity index (χ1v) is 8.40. The molecule has 0 spiro atoms. The van der Waals surface area contributed by atoms with Gasteiger partial charge >= 0.3 is 0 Å². The van der Waals surface area contributed by atoms with Crippen molar-refractivity contribution in [2.75, 3.05) is 14.2 Å². The van der Waals surface area contributed by atoms with E-state index in [-0.39, 0.29) is 0 Å². The fourth-order valence-electron chi connectivity index (χ4n) is 2.15. The summed E-state index contributed by atoms with van der Waals surface area (Å²) in [6.07, 6.45) is 0.895. The first-order valence-electron chi connectivity index (χ1n) is 7.61. The lowest BCUT2D eigenvalue weighted by atomic mass is 10.1. The molecule has 2 aromatic carbocycles. The quantitative estimate of drug-likeness (QED) is 0.747. The molecule has 2 aromatic rings. The highest BCUT2D eigenvalue weighted by atomic mass is 79.9. The Bertz CT molecular complexity index is 750. The summed E-state index contributed by atoms with van der Waals surface area (Å²) in [4.78, 5) is 24.4. The fourth-order valence-corrected chi connectivity index (χ4v) is 2.70. The molecule has 0 unspecified atom stereocenters. The Balaban J connectivity index is 2.07. The maximum Gasteiger partial charge on any atom is 0.269 e. The minimum Gasteiger partial charge on any atom is -0.495 e. The number of aryl methyl sites for hydroxylation is 1. The van der Waals surface area contributed by atoms with Gasteiger partial charge in [-0.1, -0.05) is 19.1 Å². The van der Waals surface area contributed by atoms with Crippen molar-refractivity contribution in [3.63, 3.8) is 0 Å². The second-order valence-corrected chi connectivity index (χ2v) is 5.95. The van der Waals surface area contributed by atoms with E-state index in [2.05, 4.69) is 26.8 Å². The molecule has 25 heavy (non-hydrogen) atoms. The van der Waals surface area contributed by atoms with Crippen LogP contribution >= 0.6 is 15.9 Å². The van der Waals surface area contributed by atoms with E-state index >= 15 is 0 Å². The van der Waals surface area contributed by atoms with Crippen molar-refractivity contribution in [1.82, 2.24) is 10.9 Å². The molecule has 0 heterocycles. The molecule has 2 rings (SSSR count). The number of hydrazine groups is 1. The van der Waals surface area contributed by atoms with E-state index in [1.165, 1.54) is 14.2 Å². The fraction of sp³-hybridized carbons (Fsp3) is 0.222. The zero-order valence-corrected chi connectivity index (χ0v) is 15.8. The van der Waals surface area contributed by atoms with Gasteiger partial charge in [-0.25, -0.2) is 0 Å². The van der Waals surface area contributed by atoms with Gasteiger partial charge in [0.1, 0.15) is 16.0 Å². The number of nitrogens with one attached hydrogen (secondary N) is 2. The van der Waals surface area contributed by atoms with E-state index in [1.807, 2.05) is 19.1 Å². The monoisotopic (exact) mass is 406 g/mol. The first-order chi connectivity index (χ1) is 12.0. The van der Waals surface area contributed by atoms with Crippen molar-refractivity contribution in [2.24, 2.45) is 0 Å². The molecule has 0 aliphatic carbocycles. The third-order valence-electron chi connectivity index (χ3n) is 3.62. The topological polar surface area (TPSA) is 76.7 Å². The Kier molecular flexibility index (Phi) is 6.41. The van der Waals surface area contributed by atoms with Crippen LogP contribution < -0.4 is 20.3 Å². The number of halogens is 1. The van der Waals surface area contributed by atoms with Gasteiger partial charge in [0.25, 0.3) is 11.8 Å². The van der Waals surface area contributed by atoms with E-state index in [9.17, 15) is 9.59 Å². The number of hydrogen-bond acceptors (Lipinski definition) is 4. The lowest BCUT2D eigenvalue weighted by Crippen LogP contribution is -2.41. The van der Waals surface area contributed by atoms with Crippen molar-refractivity contribution in [3.8, 4) is 11.5 Å². The third-order valence-corrected chi connectivity index (χ3v) is 4.40. The van der Waals surface area contributed by atoms with Crippen molar-refractivity contribution < 1.29 is 19.1 Å². The van der Waals surface area contributed by atoms with E-state index in [0.717, 1.165) is 12.0 Å². The Hall–Kier alpha value is -2.54. The number of carbonyl (C=O) groups excluding carboxylic acids is 2. The Morgan fingerprint density at radius 3 is 1.84 bits per heavy atom. The number of hydrogen-bond donors (Lipinski definition) is 2. The van der Waals surface area contributed by atoms with Gasteiger partial charge < -0.3 is 9.47 Å². The summed E-state index contributed by atoms with van der Waals surface area (Å²) in [5, 5.41) is 0. The summed E-state index contributed by atoms with van der Waals surface area (Å²) >= 11 is 3.34. The zero-order valence-electron chi connectivity index (χ0n) is 14.2. The molecule has 0 saturated heterocycles. The predicted octanol–water partition coefficient (Wildman–Crippen LogP) is 3.10. The van der Waals surface area contributed by atoms with Crippen molar-refractivity contribution in [3.05, 3.63) is 57.6 Å². The molecule has 132 valence electrons. The number of ether oxygens (including phenoxy) is 2. The molecule has 0 radical (unpaired) electrons. The molecule has 6 nitrogen and oxygen atoms in total. The standard InChI is InChI=1S/C18H19BrN2O4/c1-4-11-5-7-12(8-6-11)17(22)20-21-18(23)13-9-14(24-2)16(19)15(10-13)25-3/h5-10H,4H2,1-3H3,(H,20,22)(H,21,23). The summed E-state index contributed by atoms with van der Waals surface area (Å²) in [6.45, 7) is 2.04. The minimum atomic E-state index is -0.484. The third kappa shape index (κ3) is 4.51. The van der Waals surface area contributed by atoms with Gasteiger partial charge in [-0.2, -0.15) is 0 Å². The van der Waals surface area contributed by atoms with Crippen LogP contribution in [0.5, 0.6) is 11.5 Å². The van der Waals surface area contributed by atoms with E-state index < -0.39 is 11.8 Å². The van der Waals surface area contributed by atoms with Gasteiger partial charge in [0.2, 0.25) is 0 Å². The van der Waals surface area contributed by atoms with Crippen molar-refractivity contribution in [1.29, 1.82) is 0 Å². The molecule has 0 aliphatic heterocycles. The van der Waals surface area contributed by atoms with Crippen LogP contribution in [-0.4, -0.2) is 26.0 Å². The highest BCUT2D eigenvalue weighted by molar-refractivity contribution is 9.10. The van der Waals surface area contributed by atoms with Gasteiger partial charge in [0, 0.05) is 11.1 Å². The smallest absolute Gasteiger partial charge is 0.269 e. The molecule has 0 aliphatic rings. The summed E-state index contributed by atoms with van der Waals surface area (Å²) in [6, 6.07) is 10.3. The maximum absolute atomic E-state index is 12.3. The zero-order chi connectivity index (χ0) is 18.4. The molecule has 2 N–H and O–H groups in total. The van der Waals surface area contributed by atoms with Crippen LogP contribution in [0.2, 0.25) is 0 Å². The van der Waals surface area contributed by atoms with Crippen molar-refractivity contribution in [2.45, 2.75) is 13.3 Å². The van der Waals surface area contributed by atoms with E-state index in [4.69, 9.17) is 9.47 Å². The highest BCUT2D eigenvalue weighted by Gasteiger charge is 2.15. The van der Waals surface area contributed by atoms with Crippen LogP contribution in [0.25, 0.3) is 0 Å². The SMILES string of the molecule is CCc1ccc(C(=O)NNC(=O)c2cc(OC)c(Br)c(OC)c2)cc1. The molecular weight excluding hydrogens is 388 g/mol.